The van der Waals surface area contributed by atoms with E-state index in [1.165, 1.54) is 32.1 Å². The predicted octanol–water partition coefficient (Wildman–Crippen LogP) is 6.95. The molecule has 0 N–H and O–H groups in total. The minimum atomic E-state index is 0.000425. The monoisotopic (exact) mass is 516 g/mol. The average molecular weight is 518 g/mol. The van der Waals surface area contributed by atoms with E-state index in [1.54, 1.807) is 0 Å². The van der Waals surface area contributed by atoms with E-state index in [1.807, 2.05) is 30.3 Å². The van der Waals surface area contributed by atoms with Crippen LogP contribution in [0.25, 0.3) is 0 Å². The zero-order valence-corrected chi connectivity index (χ0v) is 21.6. The molecule has 5 aliphatic rings. The van der Waals surface area contributed by atoms with Gasteiger partial charge in [-0.05, 0) is 91.2 Å². The Morgan fingerprint density at radius 2 is 1.35 bits per heavy atom. The fourth-order valence-corrected chi connectivity index (χ4v) is 8.33. The van der Waals surface area contributed by atoms with Crippen LogP contribution in [0.4, 0.5) is 0 Å². The van der Waals surface area contributed by atoms with Gasteiger partial charge in [0.25, 0.3) is 0 Å². The van der Waals surface area contributed by atoms with Crippen molar-refractivity contribution in [1.82, 2.24) is 9.80 Å². The first-order valence-electron chi connectivity index (χ1n) is 12.7. The Bertz CT molecular complexity index is 1040. The number of hydrogen-bond donors (Lipinski definition) is 0. The maximum atomic E-state index is 13.7. The Kier molecular flexibility index (Phi) is 6.35. The second kappa shape index (κ2) is 9.32. The van der Waals surface area contributed by atoms with E-state index in [0.717, 1.165) is 54.2 Å². The standard InChI is InChI=1S/C28H31Cl3N2O/c29-22-3-1-19(2-4-22)27(24-6-5-23(30)16-25(24)31)32-7-9-33(10-8-32)28(34)26-20-12-17-11-18(14-20)15-21(26)13-17/h1-6,16-18,20-21,26-27H,7-15H2. The van der Waals surface area contributed by atoms with Crippen molar-refractivity contribution in [2.24, 2.45) is 29.6 Å². The number of nitrogens with zero attached hydrogens (tertiary/aromatic N) is 2. The Labute approximate surface area is 217 Å². The third kappa shape index (κ3) is 4.28. The first-order chi connectivity index (χ1) is 16.5. The smallest absolute Gasteiger partial charge is 0.226 e. The first-order valence-corrected chi connectivity index (χ1v) is 13.8. The molecule has 1 amide bonds. The van der Waals surface area contributed by atoms with Crippen LogP contribution < -0.4 is 0 Å². The molecule has 0 radical (unpaired) electrons. The van der Waals surface area contributed by atoms with Crippen molar-refractivity contribution in [1.29, 1.82) is 0 Å². The number of halogens is 3. The van der Waals surface area contributed by atoms with Crippen molar-refractivity contribution in [3.63, 3.8) is 0 Å². The minimum Gasteiger partial charge on any atom is -0.340 e. The largest absolute Gasteiger partial charge is 0.340 e. The third-order valence-electron chi connectivity index (χ3n) is 8.95. The van der Waals surface area contributed by atoms with E-state index in [0.29, 0.717) is 27.8 Å². The normalized spacial score (nSPS) is 31.6. The molecule has 4 bridgehead atoms. The first kappa shape index (κ1) is 23.2. The summed E-state index contributed by atoms with van der Waals surface area (Å²) in [5.41, 5.74) is 2.18. The maximum absolute atomic E-state index is 13.7. The number of piperazine rings is 1. The van der Waals surface area contributed by atoms with Crippen LogP contribution in [0, 0.1) is 29.6 Å². The van der Waals surface area contributed by atoms with E-state index in [2.05, 4.69) is 21.9 Å². The lowest BCUT2D eigenvalue weighted by Gasteiger charge is -2.54. The summed E-state index contributed by atoms with van der Waals surface area (Å²) in [6.45, 7) is 3.20. The van der Waals surface area contributed by atoms with Gasteiger partial charge in [0.1, 0.15) is 0 Å². The Balaban J connectivity index is 1.20. The minimum absolute atomic E-state index is 0.000425. The van der Waals surface area contributed by atoms with Crippen LogP contribution in [0.15, 0.2) is 42.5 Å². The number of hydrogen-bond acceptors (Lipinski definition) is 2. The lowest BCUT2D eigenvalue weighted by atomic mass is 9.51. The van der Waals surface area contributed by atoms with Crippen LogP contribution in [-0.2, 0) is 4.79 Å². The fraction of sp³-hybridized carbons (Fsp3) is 0.536. The SMILES string of the molecule is O=C(C1C2CC3CC(C2)CC1C3)N1CCN(C(c2ccc(Cl)cc2)c2ccc(Cl)cc2Cl)CC1. The quantitative estimate of drug-likeness (QED) is 0.438. The summed E-state index contributed by atoms with van der Waals surface area (Å²) in [4.78, 5) is 18.3. The third-order valence-corrected chi connectivity index (χ3v) is 9.76. The lowest BCUT2D eigenvalue weighted by Crippen LogP contribution is -2.56. The number of rotatable bonds is 4. The van der Waals surface area contributed by atoms with Crippen LogP contribution in [0.2, 0.25) is 15.1 Å². The molecule has 1 heterocycles. The van der Waals surface area contributed by atoms with E-state index in [9.17, 15) is 4.79 Å². The van der Waals surface area contributed by atoms with Crippen LogP contribution in [-0.4, -0.2) is 41.9 Å². The van der Waals surface area contributed by atoms with E-state index in [-0.39, 0.29) is 12.0 Å². The van der Waals surface area contributed by atoms with E-state index < -0.39 is 0 Å². The van der Waals surface area contributed by atoms with Crippen molar-refractivity contribution >= 4 is 40.7 Å². The molecule has 1 aliphatic heterocycles. The molecule has 7 rings (SSSR count). The fourth-order valence-electron chi connectivity index (χ4n) is 7.70. The number of amides is 1. The molecule has 4 saturated carbocycles. The summed E-state index contributed by atoms with van der Waals surface area (Å²) < 4.78 is 0. The van der Waals surface area contributed by atoms with Crippen molar-refractivity contribution in [2.75, 3.05) is 26.2 Å². The van der Waals surface area contributed by atoms with Gasteiger partial charge in [0.2, 0.25) is 5.91 Å². The summed E-state index contributed by atoms with van der Waals surface area (Å²) in [7, 11) is 0. The van der Waals surface area contributed by atoms with Gasteiger partial charge in [-0.1, -0.05) is 53.0 Å². The molecule has 0 aromatic heterocycles. The molecule has 1 saturated heterocycles. The summed E-state index contributed by atoms with van der Waals surface area (Å²) >= 11 is 19.0. The summed E-state index contributed by atoms with van der Waals surface area (Å²) in [5.74, 6) is 3.77. The van der Waals surface area contributed by atoms with Crippen molar-refractivity contribution < 1.29 is 4.79 Å². The van der Waals surface area contributed by atoms with Gasteiger partial charge in [0.15, 0.2) is 0 Å². The van der Waals surface area contributed by atoms with Crippen LogP contribution in [0.5, 0.6) is 0 Å². The topological polar surface area (TPSA) is 23.6 Å². The molecule has 180 valence electrons. The van der Waals surface area contributed by atoms with Crippen LogP contribution in [0.3, 0.4) is 0 Å². The van der Waals surface area contributed by atoms with Gasteiger partial charge in [-0.25, -0.2) is 0 Å². The van der Waals surface area contributed by atoms with Gasteiger partial charge < -0.3 is 4.90 Å². The Morgan fingerprint density at radius 1 is 0.765 bits per heavy atom. The molecule has 0 spiro atoms. The van der Waals surface area contributed by atoms with Crippen LogP contribution >= 0.6 is 34.8 Å². The second-order valence-corrected chi connectivity index (χ2v) is 12.2. The van der Waals surface area contributed by atoms with Crippen molar-refractivity contribution in [2.45, 2.75) is 38.1 Å². The molecular weight excluding hydrogens is 487 g/mol. The number of carbonyl (C=O) groups excluding carboxylic acids is 1. The molecule has 2 aromatic carbocycles. The highest BCUT2D eigenvalue weighted by Gasteiger charge is 2.51. The molecule has 34 heavy (non-hydrogen) atoms. The van der Waals surface area contributed by atoms with Gasteiger partial charge in [-0.3, -0.25) is 9.69 Å². The van der Waals surface area contributed by atoms with E-state index in [4.69, 9.17) is 34.8 Å². The molecule has 1 unspecified atom stereocenters. The molecule has 6 heteroatoms. The summed E-state index contributed by atoms with van der Waals surface area (Å²) in [5, 5.41) is 2.02. The summed E-state index contributed by atoms with van der Waals surface area (Å²) in [6.07, 6.45) is 6.58. The molecule has 4 aliphatic carbocycles. The lowest BCUT2D eigenvalue weighted by molar-refractivity contribution is -0.151. The highest BCUT2D eigenvalue weighted by molar-refractivity contribution is 6.35. The molecule has 5 fully saturated rings. The molecular formula is C28H31Cl3N2O. The van der Waals surface area contributed by atoms with Gasteiger partial charge in [0, 0.05) is 47.2 Å². The van der Waals surface area contributed by atoms with Crippen molar-refractivity contribution in [3.8, 4) is 0 Å². The van der Waals surface area contributed by atoms with E-state index >= 15 is 0 Å². The molecule has 3 nitrogen and oxygen atoms in total. The average Bonchev–Trinajstić information content (AvgIpc) is 2.81. The number of benzene rings is 2. The van der Waals surface area contributed by atoms with Crippen LogP contribution in [0.1, 0.15) is 49.3 Å². The second-order valence-electron chi connectivity index (χ2n) is 10.9. The highest BCUT2D eigenvalue weighted by Crippen LogP contribution is 2.57. The molecule has 1 atom stereocenters. The zero-order valence-electron chi connectivity index (χ0n) is 19.3. The predicted molar refractivity (Wildman–Crippen MR) is 138 cm³/mol. The maximum Gasteiger partial charge on any atom is 0.226 e. The van der Waals surface area contributed by atoms with Gasteiger partial charge in [-0.2, -0.15) is 0 Å². The van der Waals surface area contributed by atoms with Gasteiger partial charge in [0.05, 0.1) is 6.04 Å². The Hall–Kier alpha value is -1.26. The van der Waals surface area contributed by atoms with Gasteiger partial charge in [-0.15, -0.1) is 0 Å². The molecule has 2 aromatic rings. The zero-order chi connectivity index (χ0) is 23.4. The van der Waals surface area contributed by atoms with Crippen molar-refractivity contribution in [3.05, 3.63) is 68.7 Å². The summed E-state index contributed by atoms with van der Waals surface area (Å²) in [6, 6.07) is 13.7. The Morgan fingerprint density at radius 3 is 1.94 bits per heavy atom. The number of carbonyl (C=O) groups is 1. The highest BCUT2D eigenvalue weighted by atomic mass is 35.5. The van der Waals surface area contributed by atoms with Gasteiger partial charge >= 0.3 is 0 Å².